The standard InChI is InChI=1S/C21H19N5O2/c1-2-28-21-16(11-22)17(23)10-19(26-21)20(27)25-13-14-8-9-18(24-12-14)15-6-4-3-5-7-15/h3-10,12H,2,13H2,1H3,(H2,23,26)(H,25,27). The molecule has 0 atom stereocenters. The summed E-state index contributed by atoms with van der Waals surface area (Å²) in [6.07, 6.45) is 1.72. The molecule has 3 aromatic rings. The maximum atomic E-state index is 12.4. The summed E-state index contributed by atoms with van der Waals surface area (Å²) >= 11 is 0. The number of benzene rings is 1. The molecule has 0 aliphatic heterocycles. The largest absolute Gasteiger partial charge is 0.477 e. The van der Waals surface area contributed by atoms with Crippen LogP contribution in [0.15, 0.2) is 54.7 Å². The lowest BCUT2D eigenvalue weighted by Crippen LogP contribution is -2.24. The second kappa shape index (κ2) is 8.64. The third kappa shape index (κ3) is 4.24. The van der Waals surface area contributed by atoms with Crippen molar-refractivity contribution in [3.63, 3.8) is 0 Å². The van der Waals surface area contributed by atoms with Crippen LogP contribution in [-0.4, -0.2) is 22.5 Å². The highest BCUT2D eigenvalue weighted by Gasteiger charge is 2.16. The summed E-state index contributed by atoms with van der Waals surface area (Å²) in [4.78, 5) is 21.0. The van der Waals surface area contributed by atoms with Crippen molar-refractivity contribution in [1.82, 2.24) is 15.3 Å². The molecule has 2 heterocycles. The molecule has 0 fully saturated rings. The van der Waals surface area contributed by atoms with E-state index in [2.05, 4.69) is 15.3 Å². The summed E-state index contributed by atoms with van der Waals surface area (Å²) < 4.78 is 5.31. The number of nitrogen functional groups attached to an aromatic ring is 1. The van der Waals surface area contributed by atoms with Crippen LogP contribution in [0.3, 0.4) is 0 Å². The Balaban J connectivity index is 1.70. The Morgan fingerprint density at radius 2 is 2.04 bits per heavy atom. The van der Waals surface area contributed by atoms with Crippen molar-refractivity contribution in [2.24, 2.45) is 0 Å². The highest BCUT2D eigenvalue weighted by atomic mass is 16.5. The zero-order valence-electron chi connectivity index (χ0n) is 15.3. The summed E-state index contributed by atoms with van der Waals surface area (Å²) in [5, 5.41) is 11.9. The Morgan fingerprint density at radius 3 is 2.68 bits per heavy atom. The van der Waals surface area contributed by atoms with E-state index < -0.39 is 5.91 Å². The average Bonchev–Trinajstić information content (AvgIpc) is 2.73. The Hall–Kier alpha value is -3.92. The van der Waals surface area contributed by atoms with Crippen LogP contribution >= 0.6 is 0 Å². The van der Waals surface area contributed by atoms with Gasteiger partial charge in [0.05, 0.1) is 18.0 Å². The number of nitrogens with zero attached hydrogens (tertiary/aromatic N) is 3. The van der Waals surface area contributed by atoms with Gasteiger partial charge in [0.15, 0.2) is 0 Å². The fourth-order valence-electron chi connectivity index (χ4n) is 2.59. The van der Waals surface area contributed by atoms with Gasteiger partial charge in [0, 0.05) is 18.3 Å². The Kier molecular flexibility index (Phi) is 5.82. The van der Waals surface area contributed by atoms with E-state index in [0.29, 0.717) is 6.61 Å². The van der Waals surface area contributed by atoms with Crippen molar-refractivity contribution in [1.29, 1.82) is 5.26 Å². The molecule has 1 aromatic carbocycles. The number of aromatic nitrogens is 2. The number of rotatable bonds is 6. The molecule has 0 spiro atoms. The quantitative estimate of drug-likeness (QED) is 0.687. The number of nitrogens with two attached hydrogens (primary N) is 1. The molecule has 28 heavy (non-hydrogen) atoms. The van der Waals surface area contributed by atoms with Crippen LogP contribution in [0.2, 0.25) is 0 Å². The smallest absolute Gasteiger partial charge is 0.270 e. The topological polar surface area (TPSA) is 114 Å². The summed E-state index contributed by atoms with van der Waals surface area (Å²) in [6.45, 7) is 2.36. The molecule has 0 aliphatic rings. The minimum atomic E-state index is -0.413. The number of nitriles is 1. The number of ether oxygens (including phenoxy) is 1. The van der Waals surface area contributed by atoms with Gasteiger partial charge in [0.2, 0.25) is 5.88 Å². The molecule has 2 aromatic heterocycles. The highest BCUT2D eigenvalue weighted by molar-refractivity contribution is 5.93. The number of carbonyl (C=O) groups excluding carboxylic acids is 1. The highest BCUT2D eigenvalue weighted by Crippen LogP contribution is 2.22. The predicted octanol–water partition coefficient (Wildman–Crippen LogP) is 2.93. The first-order valence-electron chi connectivity index (χ1n) is 8.74. The molecule has 7 nitrogen and oxygen atoms in total. The van der Waals surface area contributed by atoms with Crippen molar-refractivity contribution in [2.45, 2.75) is 13.5 Å². The van der Waals surface area contributed by atoms with Gasteiger partial charge in [-0.15, -0.1) is 0 Å². The lowest BCUT2D eigenvalue weighted by molar-refractivity contribution is 0.0945. The maximum Gasteiger partial charge on any atom is 0.270 e. The molecule has 0 unspecified atom stereocenters. The predicted molar refractivity (Wildman–Crippen MR) is 105 cm³/mol. The van der Waals surface area contributed by atoms with Crippen LogP contribution in [0, 0.1) is 11.3 Å². The Morgan fingerprint density at radius 1 is 1.25 bits per heavy atom. The second-order valence-electron chi connectivity index (χ2n) is 5.92. The minimum absolute atomic E-state index is 0.0593. The number of amides is 1. The van der Waals surface area contributed by atoms with Gasteiger partial charge in [-0.2, -0.15) is 5.26 Å². The van der Waals surface area contributed by atoms with E-state index >= 15 is 0 Å². The Bertz CT molecular complexity index is 1010. The average molecular weight is 373 g/mol. The zero-order valence-corrected chi connectivity index (χ0v) is 15.3. The fraction of sp³-hybridized carbons (Fsp3) is 0.143. The van der Waals surface area contributed by atoms with Gasteiger partial charge in [0.1, 0.15) is 17.3 Å². The molecule has 0 radical (unpaired) electrons. The van der Waals surface area contributed by atoms with Crippen LogP contribution < -0.4 is 15.8 Å². The maximum absolute atomic E-state index is 12.4. The molecular formula is C21H19N5O2. The second-order valence-corrected chi connectivity index (χ2v) is 5.92. The van der Waals surface area contributed by atoms with Gasteiger partial charge < -0.3 is 15.8 Å². The van der Waals surface area contributed by atoms with Crippen molar-refractivity contribution >= 4 is 11.6 Å². The number of nitrogens with one attached hydrogen (secondary N) is 1. The van der Waals surface area contributed by atoms with Crippen LogP contribution in [0.4, 0.5) is 5.69 Å². The van der Waals surface area contributed by atoms with Crippen molar-refractivity contribution in [2.75, 3.05) is 12.3 Å². The Labute approximate surface area is 162 Å². The molecule has 0 saturated heterocycles. The molecular weight excluding hydrogens is 354 g/mol. The minimum Gasteiger partial charge on any atom is -0.477 e. The van der Waals surface area contributed by atoms with Crippen molar-refractivity contribution in [3.05, 3.63) is 71.5 Å². The van der Waals surface area contributed by atoms with E-state index in [4.69, 9.17) is 15.7 Å². The lowest BCUT2D eigenvalue weighted by atomic mass is 10.1. The van der Waals surface area contributed by atoms with E-state index in [1.807, 2.05) is 48.5 Å². The fourth-order valence-corrected chi connectivity index (χ4v) is 2.59. The number of hydrogen-bond donors (Lipinski definition) is 2. The van der Waals surface area contributed by atoms with Gasteiger partial charge in [-0.3, -0.25) is 9.78 Å². The van der Waals surface area contributed by atoms with Crippen LogP contribution in [0.1, 0.15) is 28.5 Å². The molecule has 3 N–H and O–H groups in total. The third-order valence-corrected chi connectivity index (χ3v) is 3.99. The van der Waals surface area contributed by atoms with Gasteiger partial charge in [-0.25, -0.2) is 4.98 Å². The molecule has 140 valence electrons. The van der Waals surface area contributed by atoms with E-state index in [0.717, 1.165) is 16.8 Å². The molecule has 1 amide bonds. The van der Waals surface area contributed by atoms with Gasteiger partial charge >= 0.3 is 0 Å². The molecule has 7 heteroatoms. The van der Waals surface area contributed by atoms with E-state index in [1.165, 1.54) is 6.07 Å². The van der Waals surface area contributed by atoms with Gasteiger partial charge in [-0.1, -0.05) is 36.4 Å². The molecule has 3 rings (SSSR count). The van der Waals surface area contributed by atoms with Crippen molar-refractivity contribution in [3.8, 4) is 23.2 Å². The monoisotopic (exact) mass is 373 g/mol. The number of hydrogen-bond acceptors (Lipinski definition) is 6. The normalized spacial score (nSPS) is 10.1. The summed E-state index contributed by atoms with van der Waals surface area (Å²) in [7, 11) is 0. The number of pyridine rings is 2. The first kappa shape index (κ1) is 18.9. The summed E-state index contributed by atoms with van der Waals surface area (Å²) in [6, 6.07) is 17.0. The zero-order chi connectivity index (χ0) is 19.9. The van der Waals surface area contributed by atoms with Crippen LogP contribution in [0.25, 0.3) is 11.3 Å². The summed E-state index contributed by atoms with van der Waals surface area (Å²) in [5.74, 6) is -0.353. The summed E-state index contributed by atoms with van der Waals surface area (Å²) in [5.41, 5.74) is 8.95. The van der Waals surface area contributed by atoms with Crippen LogP contribution in [-0.2, 0) is 6.54 Å². The number of anilines is 1. The van der Waals surface area contributed by atoms with Crippen LogP contribution in [0.5, 0.6) is 5.88 Å². The first-order valence-corrected chi connectivity index (χ1v) is 8.74. The molecule has 0 bridgehead atoms. The molecule has 0 saturated carbocycles. The SMILES string of the molecule is CCOc1nc(C(=O)NCc2ccc(-c3ccccc3)nc2)cc(N)c1C#N. The lowest BCUT2D eigenvalue weighted by Gasteiger charge is -2.10. The van der Waals surface area contributed by atoms with Gasteiger partial charge in [0.25, 0.3) is 5.91 Å². The van der Waals surface area contributed by atoms with Crippen molar-refractivity contribution < 1.29 is 9.53 Å². The first-order chi connectivity index (χ1) is 13.6. The van der Waals surface area contributed by atoms with Gasteiger partial charge in [-0.05, 0) is 24.6 Å². The van der Waals surface area contributed by atoms with E-state index in [-0.39, 0.29) is 29.4 Å². The van der Waals surface area contributed by atoms with E-state index in [9.17, 15) is 4.79 Å². The third-order valence-electron chi connectivity index (χ3n) is 3.99. The van der Waals surface area contributed by atoms with E-state index in [1.54, 1.807) is 13.1 Å². The number of carbonyl (C=O) groups is 1. The molecule has 0 aliphatic carbocycles.